The molecular weight excluding hydrogens is 236 g/mol. The van der Waals surface area contributed by atoms with E-state index in [9.17, 15) is 4.79 Å². The molecule has 1 aromatic rings. The number of likely N-dealkylation sites (N-methyl/N-ethyl adjacent to an activating group) is 1. The fraction of sp³-hybridized carbons (Fsp3) is 0.562. The third-order valence-electron chi connectivity index (χ3n) is 4.52. The van der Waals surface area contributed by atoms with Crippen LogP contribution in [0, 0.1) is 0 Å². The first-order valence-corrected chi connectivity index (χ1v) is 7.44. The van der Waals surface area contributed by atoms with Gasteiger partial charge in [0.1, 0.15) is 0 Å². The van der Waals surface area contributed by atoms with Crippen LogP contribution in [0.3, 0.4) is 0 Å². The van der Waals surface area contributed by atoms with Crippen LogP contribution in [0.4, 0.5) is 5.69 Å². The predicted octanol–water partition coefficient (Wildman–Crippen LogP) is 2.99. The number of hydrogen-bond acceptors (Lipinski definition) is 2. The summed E-state index contributed by atoms with van der Waals surface area (Å²) < 4.78 is 0. The number of nitrogens with one attached hydrogen (secondary N) is 1. The van der Waals surface area contributed by atoms with Crippen molar-refractivity contribution in [1.82, 2.24) is 4.90 Å². The molecule has 0 spiro atoms. The second kappa shape index (κ2) is 5.24. The van der Waals surface area contributed by atoms with Crippen LogP contribution in [-0.4, -0.2) is 29.9 Å². The number of hydrogen-bond donors (Lipinski definition) is 1. The number of carbonyl (C=O) groups is 1. The molecule has 1 atom stereocenters. The van der Waals surface area contributed by atoms with Crippen LogP contribution < -0.4 is 5.32 Å². The van der Waals surface area contributed by atoms with Crippen molar-refractivity contribution in [2.45, 2.75) is 44.6 Å². The van der Waals surface area contributed by atoms with E-state index in [0.29, 0.717) is 11.9 Å². The van der Waals surface area contributed by atoms with Crippen molar-refractivity contribution < 1.29 is 4.79 Å². The average Bonchev–Trinajstić information content (AvgIpc) is 3.08. The fourth-order valence-electron chi connectivity index (χ4n) is 3.51. The van der Waals surface area contributed by atoms with E-state index in [4.69, 9.17) is 0 Å². The minimum atomic E-state index is 0.0109. The first kappa shape index (κ1) is 12.5. The lowest BCUT2D eigenvalue weighted by Gasteiger charge is -2.30. The molecule has 1 fully saturated rings. The van der Waals surface area contributed by atoms with Gasteiger partial charge in [-0.15, -0.1) is 0 Å². The molecule has 102 valence electrons. The lowest BCUT2D eigenvalue weighted by atomic mass is 9.99. The largest absolute Gasteiger partial charge is 0.384 e. The lowest BCUT2D eigenvalue weighted by molar-refractivity contribution is -0.134. The Morgan fingerprint density at radius 2 is 2.05 bits per heavy atom. The molecule has 1 aliphatic carbocycles. The quantitative estimate of drug-likeness (QED) is 0.904. The average molecular weight is 258 g/mol. The van der Waals surface area contributed by atoms with Crippen LogP contribution >= 0.6 is 0 Å². The van der Waals surface area contributed by atoms with E-state index in [2.05, 4.69) is 29.3 Å². The van der Waals surface area contributed by atoms with E-state index in [0.717, 1.165) is 18.8 Å². The zero-order valence-corrected chi connectivity index (χ0v) is 11.6. The highest BCUT2D eigenvalue weighted by atomic mass is 16.2. The van der Waals surface area contributed by atoms with Crippen molar-refractivity contribution in [3.05, 3.63) is 29.8 Å². The summed E-state index contributed by atoms with van der Waals surface area (Å²) in [5.41, 5.74) is 2.30. The number of amides is 1. The molecule has 1 aliphatic heterocycles. The summed E-state index contributed by atoms with van der Waals surface area (Å²) in [6.07, 6.45) is 4.91. The molecular formula is C16H22N2O. The van der Waals surface area contributed by atoms with E-state index in [1.807, 2.05) is 12.1 Å². The van der Waals surface area contributed by atoms with Gasteiger partial charge in [-0.05, 0) is 31.4 Å². The zero-order valence-electron chi connectivity index (χ0n) is 11.6. The van der Waals surface area contributed by atoms with Crippen molar-refractivity contribution in [3.8, 4) is 0 Å². The number of nitrogens with zero attached hydrogens (tertiary/aromatic N) is 1. The summed E-state index contributed by atoms with van der Waals surface area (Å²) in [6.45, 7) is 3.69. The van der Waals surface area contributed by atoms with Crippen molar-refractivity contribution >= 4 is 11.6 Å². The van der Waals surface area contributed by atoms with Crippen molar-refractivity contribution in [2.75, 3.05) is 18.4 Å². The SMILES string of the molecule is CCN(C(=O)C1CNc2ccccc21)C1CCCC1. The fourth-order valence-corrected chi connectivity index (χ4v) is 3.51. The molecule has 0 bridgehead atoms. The van der Waals surface area contributed by atoms with Crippen LogP contribution in [-0.2, 0) is 4.79 Å². The van der Waals surface area contributed by atoms with Crippen LogP contribution in [0.5, 0.6) is 0 Å². The first-order chi connectivity index (χ1) is 9.31. The summed E-state index contributed by atoms with van der Waals surface area (Å²) in [5.74, 6) is 0.323. The molecule has 0 aromatic heterocycles. The van der Waals surface area contributed by atoms with Gasteiger partial charge in [0.25, 0.3) is 0 Å². The monoisotopic (exact) mass is 258 g/mol. The molecule has 3 rings (SSSR count). The van der Waals surface area contributed by atoms with Gasteiger partial charge in [-0.2, -0.15) is 0 Å². The molecule has 19 heavy (non-hydrogen) atoms. The Morgan fingerprint density at radius 1 is 1.32 bits per heavy atom. The second-order valence-corrected chi connectivity index (χ2v) is 5.58. The Labute approximate surface area is 115 Å². The minimum absolute atomic E-state index is 0.0109. The van der Waals surface area contributed by atoms with Crippen molar-refractivity contribution in [3.63, 3.8) is 0 Å². The number of benzene rings is 1. The molecule has 1 aromatic carbocycles. The highest BCUT2D eigenvalue weighted by Crippen LogP contribution is 2.34. The van der Waals surface area contributed by atoms with Crippen molar-refractivity contribution in [2.24, 2.45) is 0 Å². The number of fused-ring (bicyclic) bond motifs is 1. The zero-order chi connectivity index (χ0) is 13.2. The van der Waals surface area contributed by atoms with Gasteiger partial charge in [-0.1, -0.05) is 31.0 Å². The van der Waals surface area contributed by atoms with Gasteiger partial charge < -0.3 is 10.2 Å². The summed E-state index contributed by atoms with van der Waals surface area (Å²) in [6, 6.07) is 8.67. The molecule has 1 N–H and O–H groups in total. The second-order valence-electron chi connectivity index (χ2n) is 5.58. The van der Waals surface area contributed by atoms with Crippen LogP contribution in [0.15, 0.2) is 24.3 Å². The van der Waals surface area contributed by atoms with E-state index >= 15 is 0 Å². The maximum Gasteiger partial charge on any atom is 0.232 e. The molecule has 2 aliphatic rings. The van der Waals surface area contributed by atoms with Crippen LogP contribution in [0.2, 0.25) is 0 Å². The highest BCUT2D eigenvalue weighted by molar-refractivity contribution is 5.88. The number of anilines is 1. The van der Waals surface area contributed by atoms with Gasteiger partial charge in [-0.3, -0.25) is 4.79 Å². The summed E-state index contributed by atoms with van der Waals surface area (Å²) in [4.78, 5) is 14.9. The van der Waals surface area contributed by atoms with Gasteiger partial charge in [0.15, 0.2) is 0 Å². The standard InChI is InChI=1S/C16H22N2O/c1-2-18(12-7-3-4-8-12)16(19)14-11-17-15-10-6-5-9-13(14)15/h5-6,9-10,12,14,17H,2-4,7-8,11H2,1H3. The third kappa shape index (κ3) is 2.22. The molecule has 1 amide bonds. The smallest absolute Gasteiger partial charge is 0.232 e. The summed E-state index contributed by atoms with van der Waals surface area (Å²) >= 11 is 0. The number of para-hydroxylation sites is 1. The first-order valence-electron chi connectivity index (χ1n) is 7.44. The van der Waals surface area contributed by atoms with Gasteiger partial charge >= 0.3 is 0 Å². The van der Waals surface area contributed by atoms with Gasteiger partial charge in [-0.25, -0.2) is 0 Å². The minimum Gasteiger partial charge on any atom is -0.384 e. The number of rotatable bonds is 3. The number of carbonyl (C=O) groups excluding carboxylic acids is 1. The van der Waals surface area contributed by atoms with E-state index in [-0.39, 0.29) is 5.92 Å². The van der Waals surface area contributed by atoms with Crippen LogP contribution in [0.25, 0.3) is 0 Å². The molecule has 3 heteroatoms. The van der Waals surface area contributed by atoms with Crippen LogP contribution in [0.1, 0.15) is 44.1 Å². The third-order valence-corrected chi connectivity index (χ3v) is 4.52. The molecule has 3 nitrogen and oxygen atoms in total. The molecule has 0 radical (unpaired) electrons. The molecule has 1 unspecified atom stereocenters. The van der Waals surface area contributed by atoms with Gasteiger partial charge in [0.2, 0.25) is 5.91 Å². The summed E-state index contributed by atoms with van der Waals surface area (Å²) in [7, 11) is 0. The normalized spacial score (nSPS) is 22.1. The Balaban J connectivity index is 1.80. The Bertz CT molecular complexity index is 466. The topological polar surface area (TPSA) is 32.3 Å². The Hall–Kier alpha value is -1.51. The Morgan fingerprint density at radius 3 is 2.79 bits per heavy atom. The lowest BCUT2D eigenvalue weighted by Crippen LogP contribution is -2.42. The summed E-state index contributed by atoms with van der Waals surface area (Å²) in [5, 5.41) is 3.35. The van der Waals surface area contributed by atoms with E-state index in [1.54, 1.807) is 0 Å². The maximum absolute atomic E-state index is 12.8. The van der Waals surface area contributed by atoms with E-state index < -0.39 is 0 Å². The molecule has 1 saturated carbocycles. The maximum atomic E-state index is 12.8. The predicted molar refractivity (Wildman–Crippen MR) is 77.3 cm³/mol. The van der Waals surface area contributed by atoms with E-state index in [1.165, 1.54) is 31.2 Å². The van der Waals surface area contributed by atoms with Crippen molar-refractivity contribution in [1.29, 1.82) is 0 Å². The van der Waals surface area contributed by atoms with Gasteiger partial charge in [0, 0.05) is 24.8 Å². The highest BCUT2D eigenvalue weighted by Gasteiger charge is 2.34. The van der Waals surface area contributed by atoms with Gasteiger partial charge in [0.05, 0.1) is 5.92 Å². The Kier molecular flexibility index (Phi) is 3.45. The molecule has 1 heterocycles. The molecule has 0 saturated heterocycles.